The maximum atomic E-state index is 13.3. The van der Waals surface area contributed by atoms with Crippen molar-refractivity contribution in [2.45, 2.75) is 13.0 Å². The molecule has 2 aromatic rings. The van der Waals surface area contributed by atoms with Crippen LogP contribution in [0.2, 0.25) is 0 Å². The number of carbonyl (C=O) groups excluding carboxylic acids is 3. The van der Waals surface area contributed by atoms with Crippen LogP contribution >= 0.6 is 0 Å². The molecule has 2 aromatic carbocycles. The molecule has 2 atom stereocenters. The van der Waals surface area contributed by atoms with E-state index >= 15 is 0 Å². The molecular weight excluding hydrogens is 392 g/mol. The van der Waals surface area contributed by atoms with E-state index in [-0.39, 0.29) is 23.7 Å². The predicted octanol–water partition coefficient (Wildman–Crippen LogP) is 1.89. The molecule has 1 saturated heterocycles. The summed E-state index contributed by atoms with van der Waals surface area (Å²) < 4.78 is 5.02. The fourth-order valence-corrected chi connectivity index (χ4v) is 3.63. The topological polar surface area (TPSA) is 122 Å². The molecule has 152 valence electrons. The molecule has 2 heterocycles. The number of hydrazone groups is 1. The van der Waals surface area contributed by atoms with E-state index in [0.717, 1.165) is 4.90 Å². The maximum Gasteiger partial charge on any atom is 0.355 e. The monoisotopic (exact) mass is 408 g/mol. The van der Waals surface area contributed by atoms with Gasteiger partial charge in [0.25, 0.3) is 11.6 Å². The molecule has 1 fully saturated rings. The van der Waals surface area contributed by atoms with Gasteiger partial charge >= 0.3 is 5.97 Å². The summed E-state index contributed by atoms with van der Waals surface area (Å²) in [6, 6.07) is 12.9. The summed E-state index contributed by atoms with van der Waals surface area (Å²) in [5.41, 5.74) is -0.245. The van der Waals surface area contributed by atoms with Crippen LogP contribution in [0, 0.1) is 16.0 Å². The first kappa shape index (κ1) is 19.2. The minimum atomic E-state index is -1.23. The number of amides is 2. The SMILES string of the molecule is CCOC(=O)C1=NN(c2ccccc2)C2C(=O)N(c3ccccc3[N+](=O)[O-])C(=O)C12. The summed E-state index contributed by atoms with van der Waals surface area (Å²) in [5.74, 6) is -3.50. The Kier molecular flexibility index (Phi) is 4.74. The Labute approximate surface area is 170 Å². The Morgan fingerprint density at radius 1 is 1.10 bits per heavy atom. The highest BCUT2D eigenvalue weighted by molar-refractivity contribution is 6.47. The Morgan fingerprint density at radius 2 is 1.77 bits per heavy atom. The third-order valence-corrected chi connectivity index (χ3v) is 4.87. The maximum absolute atomic E-state index is 13.3. The number of hydrogen-bond acceptors (Lipinski definition) is 8. The minimum absolute atomic E-state index is 0.0661. The molecule has 2 aliphatic rings. The summed E-state index contributed by atoms with van der Waals surface area (Å²) in [5, 5.41) is 16.9. The summed E-state index contributed by atoms with van der Waals surface area (Å²) >= 11 is 0. The Bertz CT molecular complexity index is 1080. The van der Waals surface area contributed by atoms with Crippen molar-refractivity contribution >= 4 is 40.6 Å². The highest BCUT2D eigenvalue weighted by Gasteiger charge is 2.59. The van der Waals surface area contributed by atoms with Crippen molar-refractivity contribution in [1.82, 2.24) is 0 Å². The van der Waals surface area contributed by atoms with Crippen molar-refractivity contribution in [3.63, 3.8) is 0 Å². The van der Waals surface area contributed by atoms with Gasteiger partial charge in [0.05, 0.1) is 17.2 Å². The van der Waals surface area contributed by atoms with Gasteiger partial charge in [-0.05, 0) is 25.1 Å². The number of ether oxygens (including phenoxy) is 1. The van der Waals surface area contributed by atoms with Crippen LogP contribution in [0.15, 0.2) is 59.7 Å². The molecule has 2 amide bonds. The summed E-state index contributed by atoms with van der Waals surface area (Å²) in [6.07, 6.45) is 0. The number of anilines is 2. The summed E-state index contributed by atoms with van der Waals surface area (Å²) in [6.45, 7) is 1.68. The summed E-state index contributed by atoms with van der Waals surface area (Å²) in [4.78, 5) is 50.5. The first-order valence-electron chi connectivity index (χ1n) is 9.16. The summed E-state index contributed by atoms with van der Waals surface area (Å²) in [7, 11) is 0. The number of nitro benzene ring substituents is 1. The van der Waals surface area contributed by atoms with Gasteiger partial charge in [-0.1, -0.05) is 30.3 Å². The van der Waals surface area contributed by atoms with Gasteiger partial charge in [-0.25, -0.2) is 9.69 Å². The quantitative estimate of drug-likeness (QED) is 0.320. The lowest BCUT2D eigenvalue weighted by atomic mass is 9.98. The van der Waals surface area contributed by atoms with Gasteiger partial charge in [-0.2, -0.15) is 5.10 Å². The van der Waals surface area contributed by atoms with Crippen molar-refractivity contribution in [3.05, 3.63) is 64.7 Å². The molecule has 2 aliphatic heterocycles. The number of nitro groups is 1. The molecular formula is C20H16N4O6. The number of esters is 1. The van der Waals surface area contributed by atoms with Crippen LogP contribution in [-0.2, 0) is 19.1 Å². The zero-order valence-electron chi connectivity index (χ0n) is 15.8. The number of benzene rings is 2. The first-order chi connectivity index (χ1) is 14.5. The number of rotatable bonds is 5. The molecule has 0 bridgehead atoms. The van der Waals surface area contributed by atoms with E-state index in [1.54, 1.807) is 37.3 Å². The third-order valence-electron chi connectivity index (χ3n) is 4.87. The average Bonchev–Trinajstić information content (AvgIpc) is 3.26. The number of carbonyl (C=O) groups is 3. The van der Waals surface area contributed by atoms with Crippen LogP contribution in [0.3, 0.4) is 0 Å². The fourth-order valence-electron chi connectivity index (χ4n) is 3.63. The molecule has 10 heteroatoms. The van der Waals surface area contributed by atoms with Crippen LogP contribution in [0.25, 0.3) is 0 Å². The molecule has 0 radical (unpaired) electrons. The van der Waals surface area contributed by atoms with Gasteiger partial charge in [0.2, 0.25) is 5.91 Å². The highest BCUT2D eigenvalue weighted by Crippen LogP contribution is 2.40. The Morgan fingerprint density at radius 3 is 2.43 bits per heavy atom. The Hall–Kier alpha value is -4.08. The number of hydrogen-bond donors (Lipinski definition) is 0. The van der Waals surface area contributed by atoms with Crippen LogP contribution in [0.4, 0.5) is 17.1 Å². The minimum Gasteiger partial charge on any atom is -0.461 e. The number of imide groups is 1. The van der Waals surface area contributed by atoms with E-state index in [4.69, 9.17) is 4.74 Å². The second-order valence-corrected chi connectivity index (χ2v) is 6.57. The molecule has 0 aliphatic carbocycles. The van der Waals surface area contributed by atoms with E-state index in [2.05, 4.69) is 5.10 Å². The van der Waals surface area contributed by atoms with Crippen molar-refractivity contribution in [2.75, 3.05) is 16.5 Å². The van der Waals surface area contributed by atoms with E-state index in [1.807, 2.05) is 0 Å². The van der Waals surface area contributed by atoms with Crippen LogP contribution in [0.5, 0.6) is 0 Å². The van der Waals surface area contributed by atoms with E-state index in [1.165, 1.54) is 29.3 Å². The zero-order chi connectivity index (χ0) is 21.4. The van der Waals surface area contributed by atoms with Gasteiger partial charge in [-0.15, -0.1) is 0 Å². The van der Waals surface area contributed by atoms with Gasteiger partial charge in [-0.3, -0.25) is 24.7 Å². The van der Waals surface area contributed by atoms with Crippen molar-refractivity contribution in [3.8, 4) is 0 Å². The smallest absolute Gasteiger partial charge is 0.355 e. The highest BCUT2D eigenvalue weighted by atomic mass is 16.6. The van der Waals surface area contributed by atoms with Gasteiger partial charge in [0, 0.05) is 6.07 Å². The van der Waals surface area contributed by atoms with Crippen LogP contribution < -0.4 is 9.91 Å². The number of para-hydroxylation sites is 3. The third kappa shape index (κ3) is 2.89. The zero-order valence-corrected chi connectivity index (χ0v) is 15.8. The Balaban J connectivity index is 1.83. The molecule has 10 nitrogen and oxygen atoms in total. The van der Waals surface area contributed by atoms with Gasteiger partial charge < -0.3 is 4.74 Å². The standard InChI is InChI=1S/C20H16N4O6/c1-2-30-20(27)16-15-17(23(21-16)12-8-4-3-5-9-12)19(26)22(18(15)25)13-10-6-7-11-14(13)24(28)29/h3-11,15,17H,2H2,1H3. The van der Waals surface area contributed by atoms with Crippen molar-refractivity contribution < 1.29 is 24.0 Å². The molecule has 0 saturated carbocycles. The molecule has 0 N–H and O–H groups in total. The van der Waals surface area contributed by atoms with Crippen molar-refractivity contribution in [1.29, 1.82) is 0 Å². The van der Waals surface area contributed by atoms with E-state index in [9.17, 15) is 24.5 Å². The first-order valence-corrected chi connectivity index (χ1v) is 9.16. The van der Waals surface area contributed by atoms with E-state index in [0.29, 0.717) is 5.69 Å². The number of nitrogens with zero attached hydrogens (tertiary/aromatic N) is 4. The van der Waals surface area contributed by atoms with Crippen LogP contribution in [0.1, 0.15) is 6.92 Å². The molecule has 2 unspecified atom stereocenters. The van der Waals surface area contributed by atoms with Gasteiger partial charge in [0.1, 0.15) is 17.6 Å². The number of fused-ring (bicyclic) bond motifs is 1. The lowest BCUT2D eigenvalue weighted by molar-refractivity contribution is -0.384. The molecule has 0 spiro atoms. The lowest BCUT2D eigenvalue weighted by Gasteiger charge is -2.21. The second kappa shape index (κ2) is 7.39. The van der Waals surface area contributed by atoms with Crippen molar-refractivity contribution in [2.24, 2.45) is 11.0 Å². The molecule has 30 heavy (non-hydrogen) atoms. The largest absolute Gasteiger partial charge is 0.461 e. The molecule has 0 aromatic heterocycles. The average molecular weight is 408 g/mol. The lowest BCUT2D eigenvalue weighted by Crippen LogP contribution is -2.39. The second-order valence-electron chi connectivity index (χ2n) is 6.57. The van der Waals surface area contributed by atoms with Crippen LogP contribution in [-0.4, -0.2) is 41.1 Å². The fraction of sp³-hybridized carbons (Fsp3) is 0.200. The predicted molar refractivity (Wildman–Crippen MR) is 106 cm³/mol. The van der Waals surface area contributed by atoms with E-state index < -0.39 is 34.7 Å². The normalized spacial score (nSPS) is 20.2. The van der Waals surface area contributed by atoms with Gasteiger partial charge in [0.15, 0.2) is 5.71 Å². The molecule has 4 rings (SSSR count).